The maximum absolute atomic E-state index is 12.5. The van der Waals surface area contributed by atoms with E-state index in [9.17, 15) is 19.8 Å². The van der Waals surface area contributed by atoms with Gasteiger partial charge in [0.1, 0.15) is 5.60 Å². The van der Waals surface area contributed by atoms with E-state index in [0.717, 1.165) is 0 Å². The monoisotopic (exact) mass is 264 g/mol. The Labute approximate surface area is 112 Å². The quantitative estimate of drug-likeness (QED) is 0.688. The average molecular weight is 264 g/mol. The molecule has 0 radical (unpaired) electrons. The molecule has 104 valence electrons. The van der Waals surface area contributed by atoms with Crippen molar-refractivity contribution in [2.75, 3.05) is 0 Å². The van der Waals surface area contributed by atoms with Gasteiger partial charge >= 0.3 is 0 Å². The van der Waals surface area contributed by atoms with Crippen molar-refractivity contribution < 1.29 is 19.8 Å². The topological polar surface area (TPSA) is 74.6 Å². The van der Waals surface area contributed by atoms with Crippen LogP contribution in [-0.2, 0) is 9.59 Å². The van der Waals surface area contributed by atoms with E-state index >= 15 is 0 Å². The van der Waals surface area contributed by atoms with Crippen LogP contribution in [0.3, 0.4) is 0 Å². The van der Waals surface area contributed by atoms with Gasteiger partial charge in [0.25, 0.3) is 0 Å². The molecule has 4 heteroatoms. The van der Waals surface area contributed by atoms with E-state index in [4.69, 9.17) is 0 Å². The minimum absolute atomic E-state index is 0.150. The lowest BCUT2D eigenvalue weighted by Gasteiger charge is -2.46. The number of aliphatic hydroxyl groups is 2. The molecule has 1 saturated carbocycles. The predicted octanol–water partition coefficient (Wildman–Crippen LogP) is 1.15. The van der Waals surface area contributed by atoms with Crippen LogP contribution in [0.2, 0.25) is 0 Å². The standard InChI is InChI=1S/C15H20O4/c1-12(2)7-8-9(11(12)17)13(3,18)15(5-6-15)14(4,19)10(8)16/h18-19H,5-7H2,1-4H3/t13-,14+/m1/s1. The lowest BCUT2D eigenvalue weighted by Crippen LogP contribution is -2.60. The highest BCUT2D eigenvalue weighted by Crippen LogP contribution is 2.68. The van der Waals surface area contributed by atoms with E-state index in [1.165, 1.54) is 6.92 Å². The van der Waals surface area contributed by atoms with Gasteiger partial charge in [-0.25, -0.2) is 0 Å². The highest BCUT2D eigenvalue weighted by molar-refractivity contribution is 6.17. The molecule has 0 amide bonds. The van der Waals surface area contributed by atoms with Crippen molar-refractivity contribution in [3.63, 3.8) is 0 Å². The molecule has 0 unspecified atom stereocenters. The maximum Gasteiger partial charge on any atom is 0.191 e. The highest BCUT2D eigenvalue weighted by Gasteiger charge is 2.74. The third kappa shape index (κ3) is 1.18. The van der Waals surface area contributed by atoms with Gasteiger partial charge in [-0.05, 0) is 33.1 Å². The van der Waals surface area contributed by atoms with Crippen LogP contribution in [0.15, 0.2) is 11.1 Å². The Morgan fingerprint density at radius 3 is 1.89 bits per heavy atom. The normalized spacial score (nSPS) is 42.8. The summed E-state index contributed by atoms with van der Waals surface area (Å²) in [6.45, 7) is 6.63. The second-order valence-electron chi connectivity index (χ2n) is 7.30. The molecular weight excluding hydrogens is 244 g/mol. The first-order chi connectivity index (χ1) is 8.49. The summed E-state index contributed by atoms with van der Waals surface area (Å²) in [5.41, 5.74) is -3.94. The Kier molecular flexibility index (Phi) is 2.06. The molecule has 0 aromatic rings. The van der Waals surface area contributed by atoms with E-state index in [1.807, 2.05) is 0 Å². The third-order valence-electron chi connectivity index (χ3n) is 5.58. The zero-order valence-electron chi connectivity index (χ0n) is 11.8. The summed E-state index contributed by atoms with van der Waals surface area (Å²) in [6, 6.07) is 0. The van der Waals surface area contributed by atoms with E-state index < -0.39 is 22.0 Å². The fraction of sp³-hybridized carbons (Fsp3) is 0.733. The first kappa shape index (κ1) is 13.0. The van der Waals surface area contributed by atoms with Crippen LogP contribution in [-0.4, -0.2) is 33.0 Å². The second kappa shape index (κ2) is 3.01. The Balaban J connectivity index is 2.27. The summed E-state index contributed by atoms with van der Waals surface area (Å²) in [4.78, 5) is 25.0. The molecule has 0 saturated heterocycles. The molecule has 0 aromatic carbocycles. The van der Waals surface area contributed by atoms with E-state index in [2.05, 4.69) is 0 Å². The molecule has 3 aliphatic carbocycles. The van der Waals surface area contributed by atoms with Crippen molar-refractivity contribution in [2.24, 2.45) is 10.8 Å². The third-order valence-corrected chi connectivity index (χ3v) is 5.58. The lowest BCUT2D eigenvalue weighted by molar-refractivity contribution is -0.159. The van der Waals surface area contributed by atoms with Crippen LogP contribution in [0.5, 0.6) is 0 Å². The molecule has 3 aliphatic rings. The molecule has 2 N–H and O–H groups in total. The van der Waals surface area contributed by atoms with Crippen LogP contribution in [0, 0.1) is 10.8 Å². The average Bonchev–Trinajstić information content (AvgIpc) is 3.02. The van der Waals surface area contributed by atoms with Crippen molar-refractivity contribution in [3.05, 3.63) is 11.1 Å². The van der Waals surface area contributed by atoms with E-state index in [1.54, 1.807) is 20.8 Å². The van der Waals surface area contributed by atoms with Gasteiger partial charge < -0.3 is 10.2 Å². The van der Waals surface area contributed by atoms with Gasteiger partial charge in [-0.3, -0.25) is 9.59 Å². The van der Waals surface area contributed by atoms with E-state index in [0.29, 0.717) is 24.8 Å². The molecule has 1 fully saturated rings. The molecule has 2 atom stereocenters. The molecule has 4 nitrogen and oxygen atoms in total. The Morgan fingerprint density at radius 1 is 0.895 bits per heavy atom. The molecule has 3 rings (SSSR count). The van der Waals surface area contributed by atoms with Crippen LogP contribution in [0.4, 0.5) is 0 Å². The number of hydrogen-bond donors (Lipinski definition) is 2. The number of carbonyl (C=O) groups excluding carboxylic acids is 2. The van der Waals surface area contributed by atoms with Gasteiger partial charge in [0.15, 0.2) is 11.6 Å². The molecular formula is C15H20O4. The molecule has 0 aromatic heterocycles. The largest absolute Gasteiger partial charge is 0.385 e. The van der Waals surface area contributed by atoms with Crippen molar-refractivity contribution in [3.8, 4) is 0 Å². The van der Waals surface area contributed by atoms with Crippen LogP contribution in [0.25, 0.3) is 0 Å². The van der Waals surface area contributed by atoms with Gasteiger partial charge in [-0.15, -0.1) is 0 Å². The smallest absolute Gasteiger partial charge is 0.191 e. The lowest BCUT2D eigenvalue weighted by atomic mass is 9.62. The van der Waals surface area contributed by atoms with Crippen molar-refractivity contribution in [1.29, 1.82) is 0 Å². The number of ketones is 2. The fourth-order valence-electron chi connectivity index (χ4n) is 4.12. The molecule has 0 heterocycles. The van der Waals surface area contributed by atoms with E-state index in [-0.39, 0.29) is 17.1 Å². The SMILES string of the molecule is CC1(C)CC2=C(C1=O)[C@@](C)(O)C1(CC1)[C@@](C)(O)C2=O. The second-order valence-corrected chi connectivity index (χ2v) is 7.30. The first-order valence-corrected chi connectivity index (χ1v) is 6.77. The number of rotatable bonds is 0. The maximum atomic E-state index is 12.5. The molecule has 1 spiro atoms. The number of Topliss-reactive ketones (excluding diaryl/α,β-unsaturated/α-hetero) is 2. The summed E-state index contributed by atoms with van der Waals surface area (Å²) < 4.78 is 0. The molecule has 0 aliphatic heterocycles. The number of hydrogen-bond acceptors (Lipinski definition) is 4. The minimum atomic E-state index is -1.57. The summed E-state index contributed by atoms with van der Waals surface area (Å²) in [5.74, 6) is -0.520. The number of carbonyl (C=O) groups is 2. The van der Waals surface area contributed by atoms with Crippen molar-refractivity contribution >= 4 is 11.6 Å². The van der Waals surface area contributed by atoms with Gasteiger partial charge in [-0.1, -0.05) is 13.8 Å². The molecule has 19 heavy (non-hydrogen) atoms. The Morgan fingerprint density at radius 2 is 1.42 bits per heavy atom. The van der Waals surface area contributed by atoms with Crippen molar-refractivity contribution in [1.82, 2.24) is 0 Å². The van der Waals surface area contributed by atoms with Crippen LogP contribution in [0.1, 0.15) is 47.0 Å². The summed E-state index contributed by atoms with van der Waals surface area (Å²) >= 11 is 0. The van der Waals surface area contributed by atoms with Crippen molar-refractivity contribution in [2.45, 2.75) is 58.2 Å². The fourth-order valence-corrected chi connectivity index (χ4v) is 4.12. The van der Waals surface area contributed by atoms with Gasteiger partial charge in [0.05, 0.1) is 5.60 Å². The highest BCUT2D eigenvalue weighted by atomic mass is 16.3. The summed E-state index contributed by atoms with van der Waals surface area (Å²) in [5, 5.41) is 21.5. The van der Waals surface area contributed by atoms with Gasteiger partial charge in [0.2, 0.25) is 0 Å². The van der Waals surface area contributed by atoms with Crippen LogP contribution >= 0.6 is 0 Å². The van der Waals surface area contributed by atoms with Gasteiger partial charge in [-0.2, -0.15) is 0 Å². The first-order valence-electron chi connectivity index (χ1n) is 6.77. The van der Waals surface area contributed by atoms with Gasteiger partial charge in [0, 0.05) is 22.0 Å². The van der Waals surface area contributed by atoms with Crippen LogP contribution < -0.4 is 0 Å². The predicted molar refractivity (Wildman–Crippen MR) is 68.4 cm³/mol. The molecule has 0 bridgehead atoms. The zero-order valence-corrected chi connectivity index (χ0v) is 11.8. The Bertz CT molecular complexity index is 544. The summed E-state index contributed by atoms with van der Waals surface area (Å²) in [7, 11) is 0. The minimum Gasteiger partial charge on any atom is -0.385 e. The zero-order chi connectivity index (χ0) is 14.4. The Hall–Kier alpha value is -1.00. The summed E-state index contributed by atoms with van der Waals surface area (Å²) in [6.07, 6.45) is 1.45.